The molecule has 1 aliphatic rings. The van der Waals surface area contributed by atoms with Crippen molar-refractivity contribution in [1.29, 1.82) is 0 Å². The summed E-state index contributed by atoms with van der Waals surface area (Å²) in [5.74, 6) is 0.803. The van der Waals surface area contributed by atoms with Crippen LogP contribution in [0.4, 0.5) is 0 Å². The number of aliphatic hydroxyl groups is 1. The van der Waals surface area contributed by atoms with Gasteiger partial charge in [-0.3, -0.25) is 0 Å². The van der Waals surface area contributed by atoms with E-state index in [9.17, 15) is 0 Å². The standard InChI is InChI=1S/C18H21NO/c20-13-15-7-5-14(6-8-15)11-19-12-17-3-1-2-4-18(17)16-9-10-16/h1-8,16,19-20H,9-13H2. The predicted molar refractivity (Wildman–Crippen MR) is 81.3 cm³/mol. The van der Waals surface area contributed by atoms with Crippen molar-refractivity contribution in [3.63, 3.8) is 0 Å². The van der Waals surface area contributed by atoms with E-state index in [1.165, 1.54) is 29.5 Å². The zero-order valence-electron chi connectivity index (χ0n) is 11.7. The lowest BCUT2D eigenvalue weighted by atomic mass is 10.0. The molecule has 1 saturated carbocycles. The van der Waals surface area contributed by atoms with E-state index in [1.54, 1.807) is 0 Å². The molecule has 0 aromatic heterocycles. The first kappa shape index (κ1) is 13.3. The van der Waals surface area contributed by atoms with Crippen molar-refractivity contribution in [3.05, 3.63) is 70.8 Å². The summed E-state index contributed by atoms with van der Waals surface area (Å²) in [6.45, 7) is 1.90. The fourth-order valence-corrected chi connectivity index (χ4v) is 2.59. The highest BCUT2D eigenvalue weighted by molar-refractivity contribution is 5.33. The van der Waals surface area contributed by atoms with E-state index in [0.29, 0.717) is 0 Å². The Bertz CT molecular complexity index is 558. The highest BCUT2D eigenvalue weighted by atomic mass is 16.3. The van der Waals surface area contributed by atoms with E-state index in [2.05, 4.69) is 41.7 Å². The molecule has 0 atom stereocenters. The van der Waals surface area contributed by atoms with E-state index in [-0.39, 0.29) is 6.61 Å². The molecule has 1 fully saturated rings. The van der Waals surface area contributed by atoms with E-state index < -0.39 is 0 Å². The Morgan fingerprint density at radius 1 is 0.900 bits per heavy atom. The van der Waals surface area contributed by atoms with Gasteiger partial charge in [-0.25, -0.2) is 0 Å². The molecular weight excluding hydrogens is 246 g/mol. The number of nitrogens with one attached hydrogen (secondary N) is 1. The van der Waals surface area contributed by atoms with Crippen LogP contribution >= 0.6 is 0 Å². The van der Waals surface area contributed by atoms with Crippen molar-refractivity contribution in [2.45, 2.75) is 38.5 Å². The van der Waals surface area contributed by atoms with E-state index in [4.69, 9.17) is 5.11 Å². The van der Waals surface area contributed by atoms with E-state index in [0.717, 1.165) is 24.6 Å². The van der Waals surface area contributed by atoms with Gasteiger partial charge in [0.15, 0.2) is 0 Å². The number of rotatable bonds is 6. The first-order valence-electron chi connectivity index (χ1n) is 7.34. The molecule has 2 N–H and O–H groups in total. The molecule has 104 valence electrons. The number of benzene rings is 2. The maximum absolute atomic E-state index is 9.03. The molecular formula is C18H21NO. The summed E-state index contributed by atoms with van der Waals surface area (Å²) in [4.78, 5) is 0. The van der Waals surface area contributed by atoms with Crippen LogP contribution in [0.2, 0.25) is 0 Å². The van der Waals surface area contributed by atoms with Crippen LogP contribution in [0.3, 0.4) is 0 Å². The first-order chi connectivity index (χ1) is 9.86. The van der Waals surface area contributed by atoms with E-state index in [1.807, 2.05) is 12.1 Å². The zero-order chi connectivity index (χ0) is 13.8. The van der Waals surface area contributed by atoms with Crippen LogP contribution in [0.1, 0.15) is 41.0 Å². The Balaban J connectivity index is 1.56. The Labute approximate surface area is 120 Å². The maximum Gasteiger partial charge on any atom is 0.0681 e. The van der Waals surface area contributed by atoms with Crippen molar-refractivity contribution in [3.8, 4) is 0 Å². The molecule has 3 rings (SSSR count). The third-order valence-electron chi connectivity index (χ3n) is 3.92. The van der Waals surface area contributed by atoms with Gasteiger partial charge in [-0.1, -0.05) is 48.5 Å². The summed E-state index contributed by atoms with van der Waals surface area (Å²) in [7, 11) is 0. The lowest BCUT2D eigenvalue weighted by molar-refractivity contribution is 0.282. The van der Waals surface area contributed by atoms with Gasteiger partial charge < -0.3 is 10.4 Å². The fraction of sp³-hybridized carbons (Fsp3) is 0.333. The van der Waals surface area contributed by atoms with Gasteiger partial charge in [0.05, 0.1) is 6.61 Å². The van der Waals surface area contributed by atoms with Gasteiger partial charge in [0, 0.05) is 13.1 Å². The Morgan fingerprint density at radius 2 is 1.60 bits per heavy atom. The van der Waals surface area contributed by atoms with Gasteiger partial charge >= 0.3 is 0 Å². The normalized spacial score (nSPS) is 14.4. The quantitative estimate of drug-likeness (QED) is 0.841. The molecule has 2 aromatic rings. The van der Waals surface area contributed by atoms with Crippen molar-refractivity contribution in [2.24, 2.45) is 0 Å². The van der Waals surface area contributed by atoms with Crippen LogP contribution in [-0.2, 0) is 19.7 Å². The monoisotopic (exact) mass is 267 g/mol. The Hall–Kier alpha value is -1.64. The molecule has 0 unspecified atom stereocenters. The summed E-state index contributed by atoms with van der Waals surface area (Å²) in [6.07, 6.45) is 2.69. The summed E-state index contributed by atoms with van der Waals surface area (Å²) in [5.41, 5.74) is 5.18. The third kappa shape index (κ3) is 3.27. The molecule has 0 amide bonds. The summed E-state index contributed by atoms with van der Waals surface area (Å²) in [5, 5.41) is 12.5. The van der Waals surface area contributed by atoms with Crippen LogP contribution in [0, 0.1) is 0 Å². The van der Waals surface area contributed by atoms with Gasteiger partial charge in [-0.05, 0) is 41.0 Å². The molecule has 20 heavy (non-hydrogen) atoms. The van der Waals surface area contributed by atoms with Crippen LogP contribution in [0.15, 0.2) is 48.5 Å². The molecule has 2 nitrogen and oxygen atoms in total. The van der Waals surface area contributed by atoms with Gasteiger partial charge in [0.1, 0.15) is 0 Å². The van der Waals surface area contributed by atoms with Crippen molar-refractivity contribution in [2.75, 3.05) is 0 Å². The Kier molecular flexibility index (Phi) is 4.14. The third-order valence-corrected chi connectivity index (χ3v) is 3.92. The second-order valence-electron chi connectivity index (χ2n) is 5.55. The predicted octanol–water partition coefficient (Wildman–Crippen LogP) is 3.35. The summed E-state index contributed by atoms with van der Waals surface area (Å²) >= 11 is 0. The SMILES string of the molecule is OCc1ccc(CNCc2ccccc2C2CC2)cc1. The van der Waals surface area contributed by atoms with Crippen molar-refractivity contribution < 1.29 is 5.11 Å². The molecule has 1 aliphatic carbocycles. The number of hydrogen-bond donors (Lipinski definition) is 2. The largest absolute Gasteiger partial charge is 0.392 e. The minimum atomic E-state index is 0.114. The number of hydrogen-bond acceptors (Lipinski definition) is 2. The van der Waals surface area contributed by atoms with Crippen LogP contribution in [0.5, 0.6) is 0 Å². The lowest BCUT2D eigenvalue weighted by Gasteiger charge is -2.10. The second-order valence-corrected chi connectivity index (χ2v) is 5.55. The molecule has 0 heterocycles. The molecule has 0 radical (unpaired) electrons. The second kappa shape index (κ2) is 6.21. The van der Waals surface area contributed by atoms with Crippen molar-refractivity contribution in [1.82, 2.24) is 5.32 Å². The highest BCUT2D eigenvalue weighted by Crippen LogP contribution is 2.41. The molecule has 0 spiro atoms. The number of aliphatic hydroxyl groups excluding tert-OH is 1. The topological polar surface area (TPSA) is 32.3 Å². The lowest BCUT2D eigenvalue weighted by Crippen LogP contribution is -2.13. The maximum atomic E-state index is 9.03. The molecule has 0 saturated heterocycles. The fourth-order valence-electron chi connectivity index (χ4n) is 2.59. The molecule has 2 aromatic carbocycles. The smallest absolute Gasteiger partial charge is 0.0681 e. The molecule has 0 bridgehead atoms. The summed E-state index contributed by atoms with van der Waals surface area (Å²) < 4.78 is 0. The average Bonchev–Trinajstić information content (AvgIpc) is 3.33. The van der Waals surface area contributed by atoms with E-state index >= 15 is 0 Å². The van der Waals surface area contributed by atoms with Crippen molar-refractivity contribution >= 4 is 0 Å². The average molecular weight is 267 g/mol. The molecule has 0 aliphatic heterocycles. The van der Waals surface area contributed by atoms with Gasteiger partial charge in [0.25, 0.3) is 0 Å². The van der Waals surface area contributed by atoms with Crippen LogP contribution < -0.4 is 5.32 Å². The van der Waals surface area contributed by atoms with Gasteiger partial charge in [-0.15, -0.1) is 0 Å². The minimum absolute atomic E-state index is 0.114. The molecule has 2 heteroatoms. The van der Waals surface area contributed by atoms with Gasteiger partial charge in [0.2, 0.25) is 0 Å². The highest BCUT2D eigenvalue weighted by Gasteiger charge is 2.25. The summed E-state index contributed by atoms with van der Waals surface area (Å²) in [6, 6.07) is 16.9. The first-order valence-corrected chi connectivity index (χ1v) is 7.34. The van der Waals surface area contributed by atoms with Crippen LogP contribution in [0.25, 0.3) is 0 Å². The Morgan fingerprint density at radius 3 is 2.30 bits per heavy atom. The van der Waals surface area contributed by atoms with Gasteiger partial charge in [-0.2, -0.15) is 0 Å². The zero-order valence-corrected chi connectivity index (χ0v) is 11.7. The van der Waals surface area contributed by atoms with Crippen LogP contribution in [-0.4, -0.2) is 5.11 Å². The minimum Gasteiger partial charge on any atom is -0.392 e.